The zero-order valence-electron chi connectivity index (χ0n) is 14.0. The number of halogens is 1. The van der Waals surface area contributed by atoms with Crippen molar-refractivity contribution in [2.24, 2.45) is 0 Å². The number of piperazine rings is 1. The van der Waals surface area contributed by atoms with Gasteiger partial charge in [-0.3, -0.25) is 19.7 Å². The van der Waals surface area contributed by atoms with Gasteiger partial charge >= 0.3 is 0 Å². The van der Waals surface area contributed by atoms with E-state index in [9.17, 15) is 19.7 Å². The van der Waals surface area contributed by atoms with E-state index < -0.39 is 11.0 Å². The lowest BCUT2D eigenvalue weighted by Gasteiger charge is -2.39. The highest BCUT2D eigenvalue weighted by molar-refractivity contribution is 9.10. The van der Waals surface area contributed by atoms with Crippen LogP contribution in [0.15, 0.2) is 53.0 Å². The van der Waals surface area contributed by atoms with Crippen molar-refractivity contribution in [3.05, 3.63) is 68.7 Å². The van der Waals surface area contributed by atoms with E-state index in [0.717, 1.165) is 10.2 Å². The van der Waals surface area contributed by atoms with Gasteiger partial charge in [0.2, 0.25) is 5.91 Å². The maximum absolute atomic E-state index is 12.8. The Morgan fingerprint density at radius 2 is 1.88 bits per heavy atom. The third-order valence-electron chi connectivity index (χ3n) is 4.36. The predicted molar refractivity (Wildman–Crippen MR) is 100 cm³/mol. The highest BCUT2D eigenvalue weighted by Gasteiger charge is 2.35. The van der Waals surface area contributed by atoms with E-state index >= 15 is 0 Å². The number of non-ortho nitro benzene ring substituents is 1. The number of carbonyl (C=O) groups excluding carboxylic acids is 2. The zero-order valence-corrected chi connectivity index (χ0v) is 15.5. The first-order chi connectivity index (χ1) is 12.4. The van der Waals surface area contributed by atoms with Crippen LogP contribution in [0.3, 0.4) is 0 Å². The molecule has 26 heavy (non-hydrogen) atoms. The van der Waals surface area contributed by atoms with Crippen molar-refractivity contribution < 1.29 is 14.5 Å². The van der Waals surface area contributed by atoms with Gasteiger partial charge < -0.3 is 9.80 Å². The molecule has 1 fully saturated rings. The number of nitro groups is 1. The van der Waals surface area contributed by atoms with Crippen LogP contribution in [0.25, 0.3) is 0 Å². The quantitative estimate of drug-likeness (QED) is 0.566. The molecule has 0 aromatic heterocycles. The smallest absolute Gasteiger partial charge is 0.269 e. The number of nitrogens with zero attached hydrogens (tertiary/aromatic N) is 3. The summed E-state index contributed by atoms with van der Waals surface area (Å²) in [6.45, 7) is 2.46. The molecule has 3 rings (SSSR count). The number of nitro benzene ring substituents is 1. The first kappa shape index (κ1) is 18.1. The molecular formula is C18H16BrN3O4. The lowest BCUT2D eigenvalue weighted by Crippen LogP contribution is -2.57. The van der Waals surface area contributed by atoms with Crippen LogP contribution in [0.4, 0.5) is 11.4 Å². The molecule has 2 amide bonds. The van der Waals surface area contributed by atoms with E-state index in [1.54, 1.807) is 11.8 Å². The van der Waals surface area contributed by atoms with Crippen molar-refractivity contribution in [1.29, 1.82) is 0 Å². The van der Waals surface area contributed by atoms with Gasteiger partial charge in [-0.2, -0.15) is 0 Å². The zero-order chi connectivity index (χ0) is 18.8. The summed E-state index contributed by atoms with van der Waals surface area (Å²) in [5.74, 6) is -0.473. The van der Waals surface area contributed by atoms with Gasteiger partial charge in [-0.1, -0.05) is 22.0 Å². The first-order valence-corrected chi connectivity index (χ1v) is 8.80. The molecule has 0 bridgehead atoms. The third kappa shape index (κ3) is 3.45. The highest BCUT2D eigenvalue weighted by Crippen LogP contribution is 2.25. The average molecular weight is 418 g/mol. The number of hydrogen-bond acceptors (Lipinski definition) is 4. The van der Waals surface area contributed by atoms with Gasteiger partial charge in [0.05, 0.1) is 4.92 Å². The van der Waals surface area contributed by atoms with Crippen molar-refractivity contribution in [2.45, 2.75) is 13.0 Å². The Labute approximate surface area is 158 Å². The monoisotopic (exact) mass is 417 g/mol. The molecule has 0 N–H and O–H groups in total. The minimum Gasteiger partial charge on any atom is -0.325 e. The first-order valence-electron chi connectivity index (χ1n) is 8.01. The van der Waals surface area contributed by atoms with Crippen LogP contribution >= 0.6 is 15.9 Å². The molecule has 0 spiro atoms. The second kappa shape index (κ2) is 7.25. The largest absolute Gasteiger partial charge is 0.325 e. The second-order valence-electron chi connectivity index (χ2n) is 5.95. The fraction of sp³-hybridized carbons (Fsp3) is 0.222. The maximum Gasteiger partial charge on any atom is 0.269 e. The summed E-state index contributed by atoms with van der Waals surface area (Å²) in [7, 11) is 0. The molecule has 0 aliphatic carbocycles. The van der Waals surface area contributed by atoms with E-state index in [-0.39, 0.29) is 17.5 Å². The van der Waals surface area contributed by atoms with Crippen LogP contribution in [-0.2, 0) is 4.79 Å². The van der Waals surface area contributed by atoms with E-state index in [1.807, 2.05) is 24.3 Å². The van der Waals surface area contributed by atoms with E-state index in [0.29, 0.717) is 18.7 Å². The number of rotatable bonds is 3. The molecule has 8 heteroatoms. The summed E-state index contributed by atoms with van der Waals surface area (Å²) in [6.07, 6.45) is 0. The van der Waals surface area contributed by atoms with Crippen molar-refractivity contribution in [2.75, 3.05) is 18.0 Å². The summed E-state index contributed by atoms with van der Waals surface area (Å²) in [5, 5.41) is 10.7. The number of benzene rings is 2. The Morgan fingerprint density at radius 1 is 1.19 bits per heavy atom. The van der Waals surface area contributed by atoms with Crippen molar-refractivity contribution in [3.63, 3.8) is 0 Å². The number of anilines is 1. The minimum atomic E-state index is -0.620. The number of carbonyl (C=O) groups is 2. The Balaban J connectivity index is 1.78. The Bertz CT molecular complexity index is 869. The number of amides is 2. The third-order valence-corrected chi connectivity index (χ3v) is 4.85. The van der Waals surface area contributed by atoms with Gasteiger partial charge in [-0.15, -0.1) is 0 Å². The normalized spacial score (nSPS) is 17.3. The Morgan fingerprint density at radius 3 is 2.50 bits per heavy atom. The van der Waals surface area contributed by atoms with Crippen LogP contribution < -0.4 is 4.90 Å². The fourth-order valence-electron chi connectivity index (χ4n) is 2.94. The molecule has 2 aromatic rings. The summed E-state index contributed by atoms with van der Waals surface area (Å²) in [6, 6.07) is 12.2. The predicted octanol–water partition coefficient (Wildman–Crippen LogP) is 3.23. The maximum atomic E-state index is 12.8. The standard InChI is InChI=1S/C18H16BrN3O4/c1-12-17(23)21(16-4-2-3-14(19)11-16)10-9-20(12)18(24)13-5-7-15(8-6-13)22(25)26/h2-8,11-12H,9-10H2,1H3/t12-/m0/s1. The summed E-state index contributed by atoms with van der Waals surface area (Å²) in [4.78, 5) is 38.8. The van der Waals surface area contributed by atoms with Gasteiger partial charge in [0.15, 0.2) is 0 Å². The topological polar surface area (TPSA) is 83.8 Å². The van der Waals surface area contributed by atoms with E-state index in [4.69, 9.17) is 0 Å². The fourth-order valence-corrected chi connectivity index (χ4v) is 3.33. The van der Waals surface area contributed by atoms with Crippen molar-refractivity contribution in [1.82, 2.24) is 4.90 Å². The molecule has 0 radical (unpaired) electrons. The summed E-state index contributed by atoms with van der Waals surface area (Å²) < 4.78 is 0.875. The van der Waals surface area contributed by atoms with E-state index in [1.165, 1.54) is 29.2 Å². The highest BCUT2D eigenvalue weighted by atomic mass is 79.9. The molecule has 0 saturated carbocycles. The summed E-state index contributed by atoms with van der Waals surface area (Å²) >= 11 is 3.40. The van der Waals surface area contributed by atoms with Gasteiger partial charge in [-0.05, 0) is 37.3 Å². The van der Waals surface area contributed by atoms with Crippen molar-refractivity contribution >= 4 is 39.1 Å². The Kier molecular flexibility index (Phi) is 5.03. The average Bonchev–Trinajstić information content (AvgIpc) is 2.63. The van der Waals surface area contributed by atoms with Gasteiger partial charge in [0.1, 0.15) is 6.04 Å². The minimum absolute atomic E-state index is 0.0786. The van der Waals surface area contributed by atoms with Gasteiger partial charge in [0.25, 0.3) is 11.6 Å². The van der Waals surface area contributed by atoms with Crippen LogP contribution in [-0.4, -0.2) is 40.8 Å². The molecule has 1 heterocycles. The van der Waals surface area contributed by atoms with Crippen LogP contribution in [0, 0.1) is 10.1 Å². The lowest BCUT2D eigenvalue weighted by molar-refractivity contribution is -0.384. The van der Waals surface area contributed by atoms with Crippen LogP contribution in [0.1, 0.15) is 17.3 Å². The van der Waals surface area contributed by atoms with Crippen molar-refractivity contribution in [3.8, 4) is 0 Å². The number of hydrogen-bond donors (Lipinski definition) is 0. The lowest BCUT2D eigenvalue weighted by atomic mass is 10.1. The van der Waals surface area contributed by atoms with E-state index in [2.05, 4.69) is 15.9 Å². The molecule has 1 aliphatic heterocycles. The van der Waals surface area contributed by atoms with Crippen LogP contribution in [0.2, 0.25) is 0 Å². The molecule has 2 aromatic carbocycles. The molecule has 1 saturated heterocycles. The second-order valence-corrected chi connectivity index (χ2v) is 6.86. The molecule has 1 aliphatic rings. The van der Waals surface area contributed by atoms with Gasteiger partial charge in [-0.25, -0.2) is 0 Å². The molecule has 7 nitrogen and oxygen atoms in total. The SMILES string of the molecule is C[C@H]1C(=O)N(c2cccc(Br)c2)CCN1C(=O)c1ccc([N+](=O)[O-])cc1. The molecule has 1 atom stereocenters. The Hall–Kier alpha value is -2.74. The molecular weight excluding hydrogens is 402 g/mol. The van der Waals surface area contributed by atoms with Gasteiger partial charge in [0, 0.05) is 40.9 Å². The summed E-state index contributed by atoms with van der Waals surface area (Å²) in [5.41, 5.74) is 1.02. The molecule has 134 valence electrons. The molecule has 0 unspecified atom stereocenters. The van der Waals surface area contributed by atoms with Crippen LogP contribution in [0.5, 0.6) is 0 Å².